The summed E-state index contributed by atoms with van der Waals surface area (Å²) in [5.41, 5.74) is 2.45. The molecule has 3 heteroatoms. The van der Waals surface area contributed by atoms with E-state index in [1.165, 1.54) is 50.7 Å². The largest absolute Gasteiger partial charge is 0.393 e. The molecule has 30 heavy (non-hydrogen) atoms. The molecule has 0 aromatic heterocycles. The molecule has 3 aliphatic rings. The molecule has 0 spiro atoms. The van der Waals surface area contributed by atoms with Gasteiger partial charge in [0.2, 0.25) is 0 Å². The molecule has 0 heterocycles. The fourth-order valence-electron chi connectivity index (χ4n) is 6.56. The van der Waals surface area contributed by atoms with Gasteiger partial charge in [-0.15, -0.1) is 0 Å². The standard InChI is InChI=1S/C27H42F2O/c1-18-8-12-22(30)17-21(18)11-10-20-7-6-16-27(5)23(13-14-24(20)27)19(2)9-15-25(28)26(3,4)29/h10-11,19,22-25,30H,1,6-9,12-17H2,2-5H3/b20-10?,21-11-/t19-,22+,23-,24?,25?,27-/m1/s1. The number of aliphatic hydroxyl groups excluding tert-OH is 1. The van der Waals surface area contributed by atoms with Crippen LogP contribution in [0.3, 0.4) is 0 Å². The quantitative estimate of drug-likeness (QED) is 0.467. The van der Waals surface area contributed by atoms with E-state index in [0.717, 1.165) is 32.1 Å². The second-order valence-corrected chi connectivity index (χ2v) is 11.1. The van der Waals surface area contributed by atoms with Crippen LogP contribution in [0.4, 0.5) is 8.78 Å². The summed E-state index contributed by atoms with van der Waals surface area (Å²) >= 11 is 0. The average molecular weight is 421 g/mol. The molecule has 3 aliphatic carbocycles. The van der Waals surface area contributed by atoms with Gasteiger partial charge in [-0.25, -0.2) is 8.78 Å². The van der Waals surface area contributed by atoms with Gasteiger partial charge in [-0.05, 0) is 107 Å². The van der Waals surface area contributed by atoms with Crippen molar-refractivity contribution in [1.82, 2.24) is 0 Å². The molecule has 0 radical (unpaired) electrons. The van der Waals surface area contributed by atoms with Crippen molar-refractivity contribution in [3.63, 3.8) is 0 Å². The van der Waals surface area contributed by atoms with Crippen LogP contribution in [0.5, 0.6) is 0 Å². The van der Waals surface area contributed by atoms with E-state index in [1.54, 1.807) is 5.57 Å². The van der Waals surface area contributed by atoms with E-state index in [2.05, 4.69) is 32.6 Å². The zero-order valence-corrected chi connectivity index (χ0v) is 19.5. The second-order valence-electron chi connectivity index (χ2n) is 11.1. The van der Waals surface area contributed by atoms with Gasteiger partial charge in [0.15, 0.2) is 0 Å². The molecule has 1 nitrogen and oxygen atoms in total. The fraction of sp³-hybridized carbons (Fsp3) is 0.778. The molecule has 0 bridgehead atoms. The summed E-state index contributed by atoms with van der Waals surface area (Å²) in [7, 11) is 0. The van der Waals surface area contributed by atoms with Crippen molar-refractivity contribution in [2.24, 2.45) is 23.2 Å². The zero-order chi connectivity index (χ0) is 22.1. The van der Waals surface area contributed by atoms with Crippen LogP contribution in [0.2, 0.25) is 0 Å². The Labute approximate surface area is 182 Å². The highest BCUT2D eigenvalue weighted by Gasteiger charge is 2.50. The van der Waals surface area contributed by atoms with Crippen molar-refractivity contribution in [3.8, 4) is 0 Å². The van der Waals surface area contributed by atoms with Crippen molar-refractivity contribution in [2.45, 2.75) is 110 Å². The summed E-state index contributed by atoms with van der Waals surface area (Å²) in [4.78, 5) is 0. The van der Waals surface area contributed by atoms with Crippen LogP contribution in [0.1, 0.15) is 91.9 Å². The lowest BCUT2D eigenvalue weighted by Gasteiger charge is -2.44. The summed E-state index contributed by atoms with van der Waals surface area (Å²) in [5.74, 6) is 1.60. The monoisotopic (exact) mass is 420 g/mol. The van der Waals surface area contributed by atoms with E-state index in [1.807, 2.05) is 0 Å². The summed E-state index contributed by atoms with van der Waals surface area (Å²) in [5, 5.41) is 10.0. The molecule has 6 atom stereocenters. The predicted octanol–water partition coefficient (Wildman–Crippen LogP) is 7.66. The molecule has 0 amide bonds. The molecule has 3 fully saturated rings. The highest BCUT2D eigenvalue weighted by atomic mass is 19.2. The minimum absolute atomic E-state index is 0.234. The molecule has 0 aromatic rings. The lowest BCUT2D eigenvalue weighted by molar-refractivity contribution is 0.0581. The summed E-state index contributed by atoms with van der Waals surface area (Å²) < 4.78 is 28.1. The minimum Gasteiger partial charge on any atom is -0.393 e. The van der Waals surface area contributed by atoms with Crippen molar-refractivity contribution in [2.75, 3.05) is 0 Å². The molecule has 0 aromatic carbocycles. The predicted molar refractivity (Wildman–Crippen MR) is 122 cm³/mol. The summed E-state index contributed by atoms with van der Waals surface area (Å²) in [6.45, 7) is 11.6. The van der Waals surface area contributed by atoms with Gasteiger partial charge in [-0.2, -0.15) is 0 Å². The maximum atomic E-state index is 14.2. The second kappa shape index (κ2) is 9.27. The Kier molecular flexibility index (Phi) is 7.32. The van der Waals surface area contributed by atoms with Gasteiger partial charge >= 0.3 is 0 Å². The number of allylic oxidation sites excluding steroid dienone is 4. The Balaban J connectivity index is 1.69. The number of fused-ring (bicyclic) bond motifs is 1. The number of halogens is 2. The van der Waals surface area contributed by atoms with Crippen LogP contribution in [0.15, 0.2) is 35.5 Å². The van der Waals surface area contributed by atoms with E-state index in [4.69, 9.17) is 0 Å². The van der Waals surface area contributed by atoms with Crippen LogP contribution >= 0.6 is 0 Å². The smallest absolute Gasteiger partial charge is 0.136 e. The maximum Gasteiger partial charge on any atom is 0.136 e. The van der Waals surface area contributed by atoms with Gasteiger partial charge in [0, 0.05) is 0 Å². The van der Waals surface area contributed by atoms with Gasteiger partial charge in [-0.1, -0.05) is 43.7 Å². The fourth-order valence-corrected chi connectivity index (χ4v) is 6.56. The topological polar surface area (TPSA) is 20.2 Å². The van der Waals surface area contributed by atoms with E-state index < -0.39 is 11.8 Å². The third-order valence-electron chi connectivity index (χ3n) is 8.53. The first-order valence-electron chi connectivity index (χ1n) is 12.1. The third-order valence-corrected chi connectivity index (χ3v) is 8.53. The van der Waals surface area contributed by atoms with Crippen LogP contribution in [-0.4, -0.2) is 23.1 Å². The number of rotatable bonds is 6. The van der Waals surface area contributed by atoms with Gasteiger partial charge in [0.1, 0.15) is 11.8 Å². The highest BCUT2D eigenvalue weighted by molar-refractivity contribution is 5.36. The Morgan fingerprint density at radius 1 is 1.20 bits per heavy atom. The molecule has 3 saturated carbocycles. The molecule has 2 unspecified atom stereocenters. The highest BCUT2D eigenvalue weighted by Crippen LogP contribution is 2.60. The molecule has 170 valence electrons. The molecule has 0 aliphatic heterocycles. The van der Waals surface area contributed by atoms with E-state index in [0.29, 0.717) is 24.2 Å². The van der Waals surface area contributed by atoms with E-state index >= 15 is 0 Å². The van der Waals surface area contributed by atoms with Gasteiger partial charge < -0.3 is 5.11 Å². The maximum absolute atomic E-state index is 14.2. The van der Waals surface area contributed by atoms with Gasteiger partial charge in [0.05, 0.1) is 6.10 Å². The van der Waals surface area contributed by atoms with Gasteiger partial charge in [-0.3, -0.25) is 0 Å². The van der Waals surface area contributed by atoms with E-state index in [9.17, 15) is 13.9 Å². The first-order chi connectivity index (χ1) is 14.0. The SMILES string of the molecule is C=C1CC[C@H](O)C/C1=C/C=C1CCC[C@@]2(C)C1CC[C@@H]2[C@H](C)CCC(F)C(C)(C)F. The lowest BCUT2D eigenvalue weighted by Crippen LogP contribution is -2.36. The van der Waals surface area contributed by atoms with E-state index in [-0.39, 0.29) is 11.5 Å². The Morgan fingerprint density at radius 3 is 2.63 bits per heavy atom. The Morgan fingerprint density at radius 2 is 1.93 bits per heavy atom. The Hall–Kier alpha value is -0.960. The number of aliphatic hydroxyl groups is 1. The average Bonchev–Trinajstić information content (AvgIpc) is 3.03. The number of hydrogen-bond donors (Lipinski definition) is 1. The van der Waals surface area contributed by atoms with Crippen LogP contribution in [0, 0.1) is 23.2 Å². The first kappa shape index (κ1) is 23.7. The van der Waals surface area contributed by atoms with Crippen molar-refractivity contribution in [1.29, 1.82) is 0 Å². The molecular weight excluding hydrogens is 378 g/mol. The normalized spacial score (nSPS) is 37.4. The third kappa shape index (κ3) is 5.09. The van der Waals surface area contributed by atoms with Crippen LogP contribution in [-0.2, 0) is 0 Å². The summed E-state index contributed by atoms with van der Waals surface area (Å²) in [6, 6.07) is 0. The van der Waals surface area contributed by atoms with Crippen molar-refractivity contribution < 1.29 is 13.9 Å². The number of hydrogen-bond acceptors (Lipinski definition) is 1. The molecule has 1 N–H and O–H groups in total. The first-order valence-corrected chi connectivity index (χ1v) is 12.1. The zero-order valence-electron chi connectivity index (χ0n) is 19.5. The number of alkyl halides is 2. The van der Waals surface area contributed by atoms with Crippen LogP contribution in [0.25, 0.3) is 0 Å². The minimum atomic E-state index is -1.74. The van der Waals surface area contributed by atoms with Gasteiger partial charge in [0.25, 0.3) is 0 Å². The van der Waals surface area contributed by atoms with Crippen molar-refractivity contribution in [3.05, 3.63) is 35.5 Å². The Bertz CT molecular complexity index is 685. The molecule has 3 rings (SSSR count). The summed E-state index contributed by atoms with van der Waals surface area (Å²) in [6.07, 6.45) is 12.5. The molecular formula is C27H42F2O. The van der Waals surface area contributed by atoms with Crippen LogP contribution < -0.4 is 0 Å². The molecule has 0 saturated heterocycles. The lowest BCUT2D eigenvalue weighted by atomic mass is 9.60. The van der Waals surface area contributed by atoms with Crippen molar-refractivity contribution >= 4 is 0 Å².